The fourth-order valence-corrected chi connectivity index (χ4v) is 2.71. The van der Waals surface area contributed by atoms with Crippen LogP contribution in [0.2, 0.25) is 0 Å². The van der Waals surface area contributed by atoms with Crippen molar-refractivity contribution in [2.75, 3.05) is 18.1 Å². The summed E-state index contributed by atoms with van der Waals surface area (Å²) in [6, 6.07) is 4.53. The fraction of sp³-hybridized carbons (Fsp3) is 0.462. The lowest BCUT2D eigenvalue weighted by molar-refractivity contribution is -0.128. The molecule has 1 unspecified atom stereocenters. The van der Waals surface area contributed by atoms with Gasteiger partial charge in [-0.25, -0.2) is 4.39 Å². The van der Waals surface area contributed by atoms with Crippen LogP contribution in [0.25, 0.3) is 0 Å². The van der Waals surface area contributed by atoms with E-state index in [0.29, 0.717) is 13.0 Å². The molecule has 0 aromatic heterocycles. The smallest absolute Gasteiger partial charge is 0.166 e. The van der Waals surface area contributed by atoms with Crippen LogP contribution >= 0.6 is 11.8 Å². The molecule has 2 nitrogen and oxygen atoms in total. The van der Waals surface area contributed by atoms with Gasteiger partial charge in [-0.05, 0) is 30.2 Å². The lowest BCUT2D eigenvalue weighted by Gasteiger charge is -2.21. The number of aryl methyl sites for hydroxylation is 1. The molecule has 1 fully saturated rings. The number of halogens is 1. The van der Waals surface area contributed by atoms with Crippen molar-refractivity contribution in [1.82, 2.24) is 0 Å². The highest BCUT2D eigenvalue weighted by molar-refractivity contribution is 7.99. The summed E-state index contributed by atoms with van der Waals surface area (Å²) in [7, 11) is 0. The average molecular weight is 254 g/mol. The molecule has 1 aromatic rings. The van der Waals surface area contributed by atoms with Crippen LogP contribution in [0.5, 0.6) is 0 Å². The third-order valence-corrected chi connectivity index (χ3v) is 3.84. The molecule has 0 saturated carbocycles. The summed E-state index contributed by atoms with van der Waals surface area (Å²) in [5.74, 6) is 1.52. The second kappa shape index (κ2) is 5.65. The van der Waals surface area contributed by atoms with E-state index in [1.54, 1.807) is 17.8 Å². The van der Waals surface area contributed by atoms with Gasteiger partial charge >= 0.3 is 0 Å². The number of rotatable bonds is 3. The summed E-state index contributed by atoms with van der Waals surface area (Å²) in [4.78, 5) is 12.0. The van der Waals surface area contributed by atoms with E-state index in [2.05, 4.69) is 0 Å². The Labute approximate surface area is 105 Å². The molecule has 0 radical (unpaired) electrons. The highest BCUT2D eigenvalue weighted by atomic mass is 32.2. The number of ketones is 1. The zero-order valence-electron chi connectivity index (χ0n) is 9.74. The minimum Gasteiger partial charge on any atom is -0.369 e. The molecule has 4 heteroatoms. The summed E-state index contributed by atoms with van der Waals surface area (Å²) in [6.07, 6.45) is 0.0374. The molecule has 1 saturated heterocycles. The normalized spacial score (nSPS) is 20.2. The SMILES string of the molecule is Cc1cc(F)ccc1CC(=O)C1CSCCO1. The van der Waals surface area contributed by atoms with Crippen molar-refractivity contribution in [2.24, 2.45) is 0 Å². The predicted octanol–water partition coefficient (Wildman–Crippen LogP) is 2.38. The molecule has 1 aliphatic heterocycles. The van der Waals surface area contributed by atoms with Crippen molar-refractivity contribution < 1.29 is 13.9 Å². The van der Waals surface area contributed by atoms with Gasteiger partial charge in [0.15, 0.2) is 5.78 Å². The molecule has 17 heavy (non-hydrogen) atoms. The van der Waals surface area contributed by atoms with Crippen LogP contribution in [0.15, 0.2) is 18.2 Å². The predicted molar refractivity (Wildman–Crippen MR) is 66.9 cm³/mol. The standard InChI is InChI=1S/C13H15FO2S/c1-9-6-11(14)3-2-10(9)7-12(15)13-8-17-5-4-16-13/h2-3,6,13H,4-5,7-8H2,1H3. The van der Waals surface area contributed by atoms with Crippen LogP contribution in [0.3, 0.4) is 0 Å². The second-order valence-corrected chi connectivity index (χ2v) is 5.30. The molecule has 0 amide bonds. The van der Waals surface area contributed by atoms with E-state index in [-0.39, 0.29) is 17.7 Å². The largest absolute Gasteiger partial charge is 0.369 e. The van der Waals surface area contributed by atoms with Crippen LogP contribution in [0, 0.1) is 12.7 Å². The van der Waals surface area contributed by atoms with Gasteiger partial charge in [-0.2, -0.15) is 11.8 Å². The van der Waals surface area contributed by atoms with Gasteiger partial charge in [0.1, 0.15) is 11.9 Å². The van der Waals surface area contributed by atoms with Gasteiger partial charge in [-0.15, -0.1) is 0 Å². The first-order valence-electron chi connectivity index (χ1n) is 5.64. The van der Waals surface area contributed by atoms with Gasteiger partial charge in [-0.3, -0.25) is 4.79 Å². The van der Waals surface area contributed by atoms with Crippen molar-refractivity contribution in [1.29, 1.82) is 0 Å². The van der Waals surface area contributed by atoms with Gasteiger partial charge in [0.2, 0.25) is 0 Å². The minimum atomic E-state index is -0.293. The Kier molecular flexibility index (Phi) is 4.18. The molecule has 1 heterocycles. The summed E-state index contributed by atoms with van der Waals surface area (Å²) in [5, 5.41) is 0. The third-order valence-electron chi connectivity index (χ3n) is 2.84. The van der Waals surface area contributed by atoms with Crippen LogP contribution in [0.4, 0.5) is 4.39 Å². The molecule has 0 N–H and O–H groups in total. The highest BCUT2D eigenvalue weighted by Crippen LogP contribution is 2.17. The summed E-state index contributed by atoms with van der Waals surface area (Å²) in [5.41, 5.74) is 1.71. The molecule has 0 spiro atoms. The van der Waals surface area contributed by atoms with E-state index in [9.17, 15) is 9.18 Å². The topological polar surface area (TPSA) is 26.3 Å². The Morgan fingerprint density at radius 3 is 3.06 bits per heavy atom. The average Bonchev–Trinajstić information content (AvgIpc) is 2.34. The molecule has 1 aliphatic rings. The van der Waals surface area contributed by atoms with Crippen LogP contribution < -0.4 is 0 Å². The quantitative estimate of drug-likeness (QED) is 0.828. The maximum atomic E-state index is 12.9. The van der Waals surface area contributed by atoms with Crippen molar-refractivity contribution in [2.45, 2.75) is 19.4 Å². The Hall–Kier alpha value is -0.870. The van der Waals surface area contributed by atoms with E-state index in [1.807, 2.05) is 6.92 Å². The number of Topliss-reactive ketones (excluding diaryl/α,β-unsaturated/α-hetero) is 1. The Morgan fingerprint density at radius 2 is 2.41 bits per heavy atom. The first kappa shape index (κ1) is 12.6. The van der Waals surface area contributed by atoms with E-state index >= 15 is 0 Å². The Bertz CT molecular complexity index is 414. The second-order valence-electron chi connectivity index (χ2n) is 4.15. The Balaban J connectivity index is 2.02. The first-order valence-corrected chi connectivity index (χ1v) is 6.79. The monoisotopic (exact) mass is 254 g/mol. The van der Waals surface area contributed by atoms with Crippen molar-refractivity contribution >= 4 is 17.5 Å². The number of benzene rings is 1. The summed E-state index contributed by atoms with van der Waals surface area (Å²) < 4.78 is 18.4. The fourth-order valence-electron chi connectivity index (χ4n) is 1.83. The number of carbonyl (C=O) groups excluding carboxylic acids is 1. The third kappa shape index (κ3) is 3.30. The highest BCUT2D eigenvalue weighted by Gasteiger charge is 2.22. The maximum absolute atomic E-state index is 12.9. The van der Waals surface area contributed by atoms with E-state index in [4.69, 9.17) is 4.74 Å². The van der Waals surface area contributed by atoms with Gasteiger partial charge in [0, 0.05) is 17.9 Å². The van der Waals surface area contributed by atoms with Crippen molar-refractivity contribution in [3.05, 3.63) is 35.1 Å². The molecule has 1 aromatic carbocycles. The van der Waals surface area contributed by atoms with Crippen molar-refractivity contribution in [3.63, 3.8) is 0 Å². The number of carbonyl (C=O) groups is 1. The molecular weight excluding hydrogens is 239 g/mol. The van der Waals surface area contributed by atoms with Gasteiger partial charge < -0.3 is 4.74 Å². The van der Waals surface area contributed by atoms with Gasteiger partial charge in [0.25, 0.3) is 0 Å². The zero-order valence-corrected chi connectivity index (χ0v) is 10.6. The molecule has 0 bridgehead atoms. The summed E-state index contributed by atoms with van der Waals surface area (Å²) >= 11 is 1.74. The number of ether oxygens (including phenoxy) is 1. The lowest BCUT2D eigenvalue weighted by atomic mass is 10.0. The van der Waals surface area contributed by atoms with E-state index in [0.717, 1.165) is 22.6 Å². The molecule has 1 atom stereocenters. The summed E-state index contributed by atoms with van der Waals surface area (Å²) in [6.45, 7) is 2.46. The van der Waals surface area contributed by atoms with Gasteiger partial charge in [-0.1, -0.05) is 6.07 Å². The molecule has 0 aliphatic carbocycles. The molecule has 2 rings (SSSR count). The maximum Gasteiger partial charge on any atom is 0.166 e. The van der Waals surface area contributed by atoms with Crippen molar-refractivity contribution in [3.8, 4) is 0 Å². The zero-order chi connectivity index (χ0) is 12.3. The lowest BCUT2D eigenvalue weighted by Crippen LogP contribution is -2.32. The van der Waals surface area contributed by atoms with Gasteiger partial charge in [0.05, 0.1) is 6.61 Å². The van der Waals surface area contributed by atoms with E-state index < -0.39 is 0 Å². The number of hydrogen-bond acceptors (Lipinski definition) is 3. The van der Waals surface area contributed by atoms with Crippen LogP contribution in [-0.2, 0) is 16.0 Å². The number of hydrogen-bond donors (Lipinski definition) is 0. The van der Waals surface area contributed by atoms with E-state index in [1.165, 1.54) is 12.1 Å². The van der Waals surface area contributed by atoms with Crippen LogP contribution in [0.1, 0.15) is 11.1 Å². The van der Waals surface area contributed by atoms with Crippen LogP contribution in [-0.4, -0.2) is 30.0 Å². The number of thioether (sulfide) groups is 1. The minimum absolute atomic E-state index is 0.0897. The molecule has 92 valence electrons. The Morgan fingerprint density at radius 1 is 1.59 bits per heavy atom. The first-order chi connectivity index (χ1) is 8.16. The molecular formula is C13H15FO2S.